The van der Waals surface area contributed by atoms with E-state index in [9.17, 15) is 4.79 Å². The van der Waals surface area contributed by atoms with E-state index in [1.807, 2.05) is 14.1 Å². The average Bonchev–Trinajstić information content (AvgIpc) is 2.60. The number of hydrogen-bond donors (Lipinski definition) is 1. The fourth-order valence-electron chi connectivity index (χ4n) is 1.07. The van der Waals surface area contributed by atoms with Crippen LogP contribution < -0.4 is 0 Å². The standard InChI is InChI=1S/C10H15NO3S/c1-11(2)4-6-15-7-8-3-5-14-9(8)10(12)13/h3,5H,4,6-7H2,1-2H3,(H,12,13). The van der Waals surface area contributed by atoms with Gasteiger partial charge < -0.3 is 14.4 Å². The maximum atomic E-state index is 10.7. The van der Waals surface area contributed by atoms with E-state index in [4.69, 9.17) is 9.52 Å². The Bertz CT molecular complexity index is 322. The number of furan rings is 1. The molecule has 4 nitrogen and oxygen atoms in total. The maximum Gasteiger partial charge on any atom is 0.372 e. The summed E-state index contributed by atoms with van der Waals surface area (Å²) in [6.07, 6.45) is 1.42. The van der Waals surface area contributed by atoms with E-state index in [0.717, 1.165) is 17.9 Å². The predicted molar refractivity (Wildman–Crippen MR) is 60.4 cm³/mol. The zero-order valence-electron chi connectivity index (χ0n) is 8.90. The molecule has 0 bridgehead atoms. The Kier molecular flexibility index (Phi) is 4.71. The number of thioether (sulfide) groups is 1. The van der Waals surface area contributed by atoms with Gasteiger partial charge in [-0.1, -0.05) is 0 Å². The van der Waals surface area contributed by atoms with Crippen molar-refractivity contribution in [2.75, 3.05) is 26.4 Å². The largest absolute Gasteiger partial charge is 0.475 e. The molecule has 5 heteroatoms. The molecule has 1 N–H and O–H groups in total. The van der Waals surface area contributed by atoms with Crippen LogP contribution in [0, 0.1) is 0 Å². The second-order valence-electron chi connectivity index (χ2n) is 3.44. The van der Waals surface area contributed by atoms with Crippen LogP contribution in [0.15, 0.2) is 16.7 Å². The summed E-state index contributed by atoms with van der Waals surface area (Å²) < 4.78 is 4.88. The Morgan fingerprint density at radius 3 is 2.93 bits per heavy atom. The van der Waals surface area contributed by atoms with Crippen LogP contribution >= 0.6 is 11.8 Å². The molecule has 15 heavy (non-hydrogen) atoms. The van der Waals surface area contributed by atoms with Crippen molar-refractivity contribution >= 4 is 17.7 Å². The molecule has 0 saturated carbocycles. The first-order valence-electron chi connectivity index (χ1n) is 4.63. The fraction of sp³-hybridized carbons (Fsp3) is 0.500. The van der Waals surface area contributed by atoms with E-state index in [2.05, 4.69) is 4.90 Å². The Morgan fingerprint density at radius 1 is 1.60 bits per heavy atom. The first-order chi connectivity index (χ1) is 7.11. The third kappa shape index (κ3) is 3.97. The maximum absolute atomic E-state index is 10.7. The van der Waals surface area contributed by atoms with E-state index in [-0.39, 0.29) is 5.76 Å². The molecule has 1 aromatic rings. The first-order valence-corrected chi connectivity index (χ1v) is 5.79. The van der Waals surface area contributed by atoms with Crippen LogP contribution in [-0.4, -0.2) is 42.4 Å². The van der Waals surface area contributed by atoms with E-state index in [0.29, 0.717) is 5.75 Å². The van der Waals surface area contributed by atoms with Crippen LogP contribution in [0.25, 0.3) is 0 Å². The van der Waals surface area contributed by atoms with Crippen LogP contribution in [0.1, 0.15) is 16.1 Å². The summed E-state index contributed by atoms with van der Waals surface area (Å²) in [6.45, 7) is 0.991. The molecule has 0 aromatic carbocycles. The lowest BCUT2D eigenvalue weighted by Crippen LogP contribution is -2.14. The van der Waals surface area contributed by atoms with Crippen molar-refractivity contribution in [1.82, 2.24) is 4.90 Å². The highest BCUT2D eigenvalue weighted by Crippen LogP contribution is 2.17. The Morgan fingerprint density at radius 2 is 2.33 bits per heavy atom. The number of carboxylic acid groups (broad SMARTS) is 1. The summed E-state index contributed by atoms with van der Waals surface area (Å²) in [6, 6.07) is 1.71. The molecule has 0 amide bonds. The summed E-state index contributed by atoms with van der Waals surface area (Å²) in [7, 11) is 4.03. The number of carbonyl (C=O) groups is 1. The van der Waals surface area contributed by atoms with Gasteiger partial charge in [-0.15, -0.1) is 0 Å². The van der Waals surface area contributed by atoms with Crippen LogP contribution in [-0.2, 0) is 5.75 Å². The molecule has 1 rings (SSSR count). The van der Waals surface area contributed by atoms with Gasteiger partial charge >= 0.3 is 5.97 Å². The molecule has 84 valence electrons. The van der Waals surface area contributed by atoms with E-state index in [1.54, 1.807) is 17.8 Å². The number of nitrogens with zero attached hydrogens (tertiary/aromatic N) is 1. The third-order valence-corrected chi connectivity index (χ3v) is 2.87. The van der Waals surface area contributed by atoms with Crippen LogP contribution in [0.2, 0.25) is 0 Å². The average molecular weight is 229 g/mol. The number of carboxylic acids is 1. The van der Waals surface area contributed by atoms with Gasteiger partial charge in [-0.3, -0.25) is 0 Å². The van der Waals surface area contributed by atoms with Gasteiger partial charge in [0.1, 0.15) is 0 Å². The summed E-state index contributed by atoms with van der Waals surface area (Å²) >= 11 is 1.71. The Hall–Kier alpha value is -0.940. The molecule has 0 spiro atoms. The highest BCUT2D eigenvalue weighted by molar-refractivity contribution is 7.98. The van der Waals surface area contributed by atoms with Crippen molar-refractivity contribution in [2.24, 2.45) is 0 Å². The van der Waals surface area contributed by atoms with Gasteiger partial charge in [0.2, 0.25) is 5.76 Å². The number of hydrogen-bond acceptors (Lipinski definition) is 4. The fourth-order valence-corrected chi connectivity index (χ4v) is 2.15. The van der Waals surface area contributed by atoms with Crippen molar-refractivity contribution < 1.29 is 14.3 Å². The van der Waals surface area contributed by atoms with Crippen LogP contribution in [0.4, 0.5) is 0 Å². The number of rotatable bonds is 6. The summed E-state index contributed by atoms with van der Waals surface area (Å²) in [5.74, 6) is 0.735. The minimum atomic E-state index is -0.997. The minimum absolute atomic E-state index is 0.0624. The highest BCUT2D eigenvalue weighted by Gasteiger charge is 2.13. The molecule has 1 aromatic heterocycles. The SMILES string of the molecule is CN(C)CCSCc1ccoc1C(=O)O. The topological polar surface area (TPSA) is 53.7 Å². The van der Waals surface area contributed by atoms with Crippen molar-refractivity contribution in [3.8, 4) is 0 Å². The summed E-state index contributed by atoms with van der Waals surface area (Å²) in [5, 5.41) is 8.79. The second-order valence-corrected chi connectivity index (χ2v) is 4.54. The third-order valence-electron chi connectivity index (χ3n) is 1.88. The van der Waals surface area contributed by atoms with Crippen LogP contribution in [0.5, 0.6) is 0 Å². The van der Waals surface area contributed by atoms with Gasteiger partial charge in [0, 0.05) is 23.6 Å². The van der Waals surface area contributed by atoms with Gasteiger partial charge in [0.25, 0.3) is 0 Å². The molecule has 0 aliphatic rings. The molecule has 0 aliphatic heterocycles. The van der Waals surface area contributed by atoms with Gasteiger partial charge in [0.15, 0.2) is 0 Å². The van der Waals surface area contributed by atoms with E-state index < -0.39 is 5.97 Å². The molecular formula is C10H15NO3S. The van der Waals surface area contributed by atoms with Crippen molar-refractivity contribution in [3.05, 3.63) is 23.7 Å². The van der Waals surface area contributed by atoms with Gasteiger partial charge in [-0.25, -0.2) is 4.79 Å². The lowest BCUT2D eigenvalue weighted by Gasteiger charge is -2.08. The lowest BCUT2D eigenvalue weighted by atomic mass is 10.3. The van der Waals surface area contributed by atoms with Crippen molar-refractivity contribution in [2.45, 2.75) is 5.75 Å². The first kappa shape index (κ1) is 12.1. The normalized spacial score (nSPS) is 10.9. The molecule has 0 fully saturated rings. The Labute approximate surface area is 93.3 Å². The molecule has 1 heterocycles. The highest BCUT2D eigenvalue weighted by atomic mass is 32.2. The lowest BCUT2D eigenvalue weighted by molar-refractivity contribution is 0.0661. The smallest absolute Gasteiger partial charge is 0.372 e. The molecular weight excluding hydrogens is 214 g/mol. The van der Waals surface area contributed by atoms with Gasteiger partial charge in [-0.2, -0.15) is 11.8 Å². The summed E-state index contributed by atoms with van der Waals surface area (Å²) in [4.78, 5) is 12.8. The minimum Gasteiger partial charge on any atom is -0.475 e. The van der Waals surface area contributed by atoms with E-state index in [1.165, 1.54) is 6.26 Å². The predicted octanol–water partition coefficient (Wildman–Crippen LogP) is 1.77. The second kappa shape index (κ2) is 5.82. The molecule has 0 radical (unpaired) electrons. The van der Waals surface area contributed by atoms with Gasteiger partial charge in [-0.05, 0) is 20.2 Å². The molecule has 0 unspecified atom stereocenters. The molecule has 0 aliphatic carbocycles. The molecule has 0 saturated heterocycles. The zero-order valence-corrected chi connectivity index (χ0v) is 9.71. The summed E-state index contributed by atoms with van der Waals surface area (Å²) in [5.41, 5.74) is 0.756. The monoisotopic (exact) mass is 229 g/mol. The van der Waals surface area contributed by atoms with Crippen molar-refractivity contribution in [1.29, 1.82) is 0 Å². The van der Waals surface area contributed by atoms with Gasteiger partial charge in [0.05, 0.1) is 6.26 Å². The zero-order chi connectivity index (χ0) is 11.3. The molecule has 0 atom stereocenters. The quantitative estimate of drug-likeness (QED) is 0.753. The van der Waals surface area contributed by atoms with Crippen molar-refractivity contribution in [3.63, 3.8) is 0 Å². The number of aromatic carboxylic acids is 1. The van der Waals surface area contributed by atoms with E-state index >= 15 is 0 Å². The Balaban J connectivity index is 2.37. The van der Waals surface area contributed by atoms with Crippen LogP contribution in [0.3, 0.4) is 0 Å².